The van der Waals surface area contributed by atoms with Crippen molar-refractivity contribution in [2.75, 3.05) is 34.0 Å². The minimum Gasteiger partial charge on any atom is -0.385 e. The van der Waals surface area contributed by atoms with Gasteiger partial charge in [-0.2, -0.15) is 0 Å². The van der Waals surface area contributed by atoms with Gasteiger partial charge in [0, 0.05) is 32.9 Å². The summed E-state index contributed by atoms with van der Waals surface area (Å²) in [4.78, 5) is 33.8. The molecule has 1 unspecified atom stereocenters. The zero-order valence-corrected chi connectivity index (χ0v) is 22.7. The van der Waals surface area contributed by atoms with Crippen LogP contribution in [-0.4, -0.2) is 54.3 Å². The lowest BCUT2D eigenvalue weighted by Gasteiger charge is -2.31. The molecule has 200 valence electrons. The van der Waals surface area contributed by atoms with Crippen LogP contribution in [0.1, 0.15) is 73.7 Å². The molecule has 0 aliphatic carbocycles. The van der Waals surface area contributed by atoms with E-state index < -0.39 is 6.04 Å². The maximum absolute atomic E-state index is 13.8. The molecule has 0 N–H and O–H groups in total. The molecule has 7 nitrogen and oxygen atoms in total. The third-order valence-electron chi connectivity index (χ3n) is 6.78. The van der Waals surface area contributed by atoms with E-state index in [9.17, 15) is 9.59 Å². The first kappa shape index (κ1) is 28.5. The summed E-state index contributed by atoms with van der Waals surface area (Å²) in [5.41, 5.74) is 2.38. The van der Waals surface area contributed by atoms with Crippen LogP contribution in [0.4, 0.5) is 0 Å². The summed E-state index contributed by atoms with van der Waals surface area (Å²) in [6.45, 7) is 5.90. The molecule has 7 heteroatoms. The maximum Gasteiger partial charge on any atom is 0.261 e. The summed E-state index contributed by atoms with van der Waals surface area (Å²) in [5, 5.41) is 0.557. The minimum atomic E-state index is -0.424. The topological polar surface area (TPSA) is 73.7 Å². The fraction of sp³-hybridized carbons (Fsp3) is 0.500. The fourth-order valence-corrected chi connectivity index (χ4v) is 4.63. The van der Waals surface area contributed by atoms with Crippen LogP contribution in [0, 0.1) is 0 Å². The van der Waals surface area contributed by atoms with E-state index in [0.717, 1.165) is 12.8 Å². The van der Waals surface area contributed by atoms with E-state index in [-0.39, 0.29) is 11.5 Å². The quantitative estimate of drug-likeness (QED) is 0.257. The number of aryl methyl sites for hydroxylation is 1. The summed E-state index contributed by atoms with van der Waals surface area (Å²) in [5.74, 6) is 0.473. The van der Waals surface area contributed by atoms with E-state index >= 15 is 0 Å². The Morgan fingerprint density at radius 3 is 2.41 bits per heavy atom. The largest absolute Gasteiger partial charge is 0.385 e. The van der Waals surface area contributed by atoms with Gasteiger partial charge in [-0.1, -0.05) is 50.5 Å². The number of methoxy groups -OCH3 is 2. The molecule has 0 fully saturated rings. The lowest BCUT2D eigenvalue weighted by atomic mass is 10.0. The van der Waals surface area contributed by atoms with Gasteiger partial charge < -0.3 is 14.4 Å². The Balaban J connectivity index is 1.93. The van der Waals surface area contributed by atoms with E-state index in [1.807, 2.05) is 37.3 Å². The van der Waals surface area contributed by atoms with Crippen LogP contribution < -0.4 is 5.56 Å². The van der Waals surface area contributed by atoms with Gasteiger partial charge >= 0.3 is 0 Å². The van der Waals surface area contributed by atoms with E-state index in [1.165, 1.54) is 24.8 Å². The van der Waals surface area contributed by atoms with Crippen molar-refractivity contribution in [3.63, 3.8) is 0 Å². The second kappa shape index (κ2) is 14.6. The maximum atomic E-state index is 13.8. The fourth-order valence-electron chi connectivity index (χ4n) is 4.63. The van der Waals surface area contributed by atoms with Gasteiger partial charge in [0.25, 0.3) is 11.5 Å². The van der Waals surface area contributed by atoms with Crippen LogP contribution >= 0.6 is 0 Å². The van der Waals surface area contributed by atoms with Crippen molar-refractivity contribution in [3.05, 3.63) is 75.8 Å². The zero-order chi connectivity index (χ0) is 26.6. The molecule has 3 rings (SSSR count). The molecule has 1 atom stereocenters. The summed E-state index contributed by atoms with van der Waals surface area (Å²) in [6.07, 6.45) is 6.56. The smallest absolute Gasteiger partial charge is 0.261 e. The van der Waals surface area contributed by atoms with Gasteiger partial charge in [0.15, 0.2) is 0 Å². The highest BCUT2D eigenvalue weighted by molar-refractivity contribution is 5.94. The van der Waals surface area contributed by atoms with Gasteiger partial charge in [-0.15, -0.1) is 0 Å². The van der Waals surface area contributed by atoms with Crippen LogP contribution in [-0.2, 0) is 22.4 Å². The molecule has 37 heavy (non-hydrogen) atoms. The Bertz CT molecular complexity index is 1190. The van der Waals surface area contributed by atoms with Crippen molar-refractivity contribution in [2.24, 2.45) is 0 Å². The molecule has 0 bridgehead atoms. The number of nitrogens with zero attached hydrogens (tertiary/aromatic N) is 3. The normalized spacial score (nSPS) is 12.1. The first-order valence-electron chi connectivity index (χ1n) is 13.4. The summed E-state index contributed by atoms with van der Waals surface area (Å²) < 4.78 is 12.2. The first-order chi connectivity index (χ1) is 18.0. The number of carbonyl (C=O) groups is 1. The molecule has 2 aromatic carbocycles. The molecule has 0 radical (unpaired) electrons. The number of benzene rings is 2. The number of fused-ring (bicyclic) bond motifs is 1. The molecule has 1 amide bonds. The highest BCUT2D eigenvalue weighted by atomic mass is 16.5. The van der Waals surface area contributed by atoms with E-state index in [0.29, 0.717) is 55.0 Å². The van der Waals surface area contributed by atoms with Gasteiger partial charge in [-0.25, -0.2) is 4.98 Å². The van der Waals surface area contributed by atoms with E-state index in [4.69, 9.17) is 14.5 Å². The number of rotatable bonds is 15. The second-order valence-electron chi connectivity index (χ2n) is 9.47. The molecule has 1 heterocycles. The van der Waals surface area contributed by atoms with E-state index in [1.54, 1.807) is 29.8 Å². The number of amides is 1. The Morgan fingerprint density at radius 1 is 0.973 bits per heavy atom. The van der Waals surface area contributed by atoms with Crippen LogP contribution in [0.3, 0.4) is 0 Å². The van der Waals surface area contributed by atoms with Crippen LogP contribution in [0.15, 0.2) is 53.3 Å². The highest BCUT2D eigenvalue weighted by Crippen LogP contribution is 2.23. The van der Waals surface area contributed by atoms with Gasteiger partial charge in [0.05, 0.1) is 30.1 Å². The predicted molar refractivity (Wildman–Crippen MR) is 148 cm³/mol. The number of unbranched alkanes of at least 4 members (excludes halogenated alkanes) is 3. The van der Waals surface area contributed by atoms with Crippen LogP contribution in [0.25, 0.3) is 10.9 Å². The predicted octanol–water partition coefficient (Wildman–Crippen LogP) is 5.41. The van der Waals surface area contributed by atoms with Gasteiger partial charge in [-0.05, 0) is 56.0 Å². The average molecular weight is 508 g/mol. The molecule has 0 aliphatic rings. The molecule has 0 aliphatic heterocycles. The van der Waals surface area contributed by atoms with Crippen molar-refractivity contribution < 1.29 is 14.3 Å². The van der Waals surface area contributed by atoms with Gasteiger partial charge in [-0.3, -0.25) is 14.2 Å². The molecule has 3 aromatic rings. The summed E-state index contributed by atoms with van der Waals surface area (Å²) in [7, 11) is 3.26. The molecule has 1 aromatic heterocycles. The SMILES string of the molecule is CCCCCCc1ccc(C(=O)N(CCCOC)C(C)c2nc3ccccc3c(=O)n2CCOC)cc1. The number of para-hydroxylation sites is 1. The number of aromatic nitrogens is 2. The Kier molecular flexibility index (Phi) is 11.3. The van der Waals surface area contributed by atoms with Crippen molar-refractivity contribution in [1.29, 1.82) is 0 Å². The number of carbonyl (C=O) groups excluding carboxylic acids is 1. The summed E-state index contributed by atoms with van der Waals surface area (Å²) >= 11 is 0. The van der Waals surface area contributed by atoms with Crippen molar-refractivity contribution in [1.82, 2.24) is 14.5 Å². The van der Waals surface area contributed by atoms with Crippen LogP contribution in [0.2, 0.25) is 0 Å². The summed E-state index contributed by atoms with van der Waals surface area (Å²) in [6, 6.07) is 14.8. The standard InChI is InChI=1S/C30H41N3O4/c1-5-6-7-8-12-24-15-17-25(18-16-24)29(34)32(19-11-21-36-3)23(2)28-31-27-14-10-9-13-26(27)30(35)33(28)20-22-37-4/h9-10,13-18,23H,5-8,11-12,19-22H2,1-4H3. The Hall–Kier alpha value is -3.03. The molecule has 0 spiro atoms. The van der Waals surface area contributed by atoms with Gasteiger partial charge in [0.1, 0.15) is 5.82 Å². The van der Waals surface area contributed by atoms with Crippen molar-refractivity contribution >= 4 is 16.8 Å². The number of hydrogen-bond donors (Lipinski definition) is 0. The Morgan fingerprint density at radius 2 is 1.70 bits per heavy atom. The van der Waals surface area contributed by atoms with Crippen molar-refractivity contribution in [2.45, 2.75) is 65.0 Å². The van der Waals surface area contributed by atoms with E-state index in [2.05, 4.69) is 19.1 Å². The minimum absolute atomic E-state index is 0.0816. The second-order valence-corrected chi connectivity index (χ2v) is 9.47. The van der Waals surface area contributed by atoms with Gasteiger partial charge in [0.2, 0.25) is 0 Å². The number of ether oxygens (including phenoxy) is 2. The Labute approximate surface area is 220 Å². The molecule has 0 saturated carbocycles. The highest BCUT2D eigenvalue weighted by Gasteiger charge is 2.27. The third-order valence-corrected chi connectivity index (χ3v) is 6.78. The van der Waals surface area contributed by atoms with Crippen molar-refractivity contribution in [3.8, 4) is 0 Å². The monoisotopic (exact) mass is 507 g/mol. The molecular formula is C30H41N3O4. The lowest BCUT2D eigenvalue weighted by molar-refractivity contribution is 0.0653. The average Bonchev–Trinajstić information content (AvgIpc) is 2.92. The first-order valence-corrected chi connectivity index (χ1v) is 13.4. The third kappa shape index (κ3) is 7.49. The number of hydrogen-bond acceptors (Lipinski definition) is 5. The lowest BCUT2D eigenvalue weighted by Crippen LogP contribution is -2.39. The molecule has 0 saturated heterocycles. The van der Waals surface area contributed by atoms with Crippen LogP contribution in [0.5, 0.6) is 0 Å². The molecular weight excluding hydrogens is 466 g/mol. The zero-order valence-electron chi connectivity index (χ0n) is 22.7.